The fraction of sp³-hybridized carbons (Fsp3) is 0.385. The van der Waals surface area contributed by atoms with Crippen LogP contribution in [0.3, 0.4) is 0 Å². The molecular formula is C13H16N2O2. The summed E-state index contributed by atoms with van der Waals surface area (Å²) in [4.78, 5) is 15.8. The van der Waals surface area contributed by atoms with Gasteiger partial charge in [0.25, 0.3) is 0 Å². The molecule has 0 bridgehead atoms. The Morgan fingerprint density at radius 3 is 2.94 bits per heavy atom. The van der Waals surface area contributed by atoms with Gasteiger partial charge in [-0.2, -0.15) is 0 Å². The number of aryl methyl sites for hydroxylation is 2. The number of fused-ring (bicyclic) bond motifs is 1. The lowest BCUT2D eigenvalue weighted by Gasteiger charge is -1.99. The van der Waals surface area contributed by atoms with Gasteiger partial charge in [-0.3, -0.25) is 4.40 Å². The third-order valence-corrected chi connectivity index (χ3v) is 2.89. The van der Waals surface area contributed by atoms with Crippen LogP contribution in [0.1, 0.15) is 41.5 Å². The van der Waals surface area contributed by atoms with Crippen LogP contribution in [-0.4, -0.2) is 20.5 Å². The largest absolute Gasteiger partial charge is 0.477 e. The SMILES string of the molecule is CCCCc1nc2c(C)cccn2c1C(=O)O. The fourth-order valence-electron chi connectivity index (χ4n) is 2.00. The van der Waals surface area contributed by atoms with Crippen molar-refractivity contribution in [1.29, 1.82) is 0 Å². The maximum Gasteiger partial charge on any atom is 0.354 e. The number of carboxylic acid groups (broad SMARTS) is 1. The molecule has 2 heterocycles. The molecule has 17 heavy (non-hydrogen) atoms. The molecule has 0 aromatic carbocycles. The van der Waals surface area contributed by atoms with Crippen LogP contribution in [-0.2, 0) is 6.42 Å². The molecule has 2 rings (SSSR count). The molecule has 90 valence electrons. The Balaban J connectivity index is 2.62. The van der Waals surface area contributed by atoms with Crippen molar-refractivity contribution in [3.63, 3.8) is 0 Å². The summed E-state index contributed by atoms with van der Waals surface area (Å²) in [5.41, 5.74) is 2.74. The molecule has 0 spiro atoms. The summed E-state index contributed by atoms with van der Waals surface area (Å²) in [6, 6.07) is 3.79. The number of aromatic nitrogens is 2. The monoisotopic (exact) mass is 232 g/mol. The van der Waals surface area contributed by atoms with Crippen LogP contribution in [0.15, 0.2) is 18.3 Å². The highest BCUT2D eigenvalue weighted by Crippen LogP contribution is 2.17. The van der Waals surface area contributed by atoms with E-state index in [2.05, 4.69) is 11.9 Å². The number of carbonyl (C=O) groups is 1. The van der Waals surface area contributed by atoms with Crippen LogP contribution in [0, 0.1) is 6.92 Å². The van der Waals surface area contributed by atoms with Crippen molar-refractivity contribution in [2.24, 2.45) is 0 Å². The quantitative estimate of drug-likeness (QED) is 0.881. The van der Waals surface area contributed by atoms with E-state index in [0.29, 0.717) is 11.4 Å². The maximum atomic E-state index is 11.3. The van der Waals surface area contributed by atoms with E-state index in [1.54, 1.807) is 10.6 Å². The van der Waals surface area contributed by atoms with E-state index in [9.17, 15) is 9.90 Å². The minimum Gasteiger partial charge on any atom is -0.477 e. The van der Waals surface area contributed by atoms with Gasteiger partial charge in [0.2, 0.25) is 0 Å². The molecule has 0 radical (unpaired) electrons. The third-order valence-electron chi connectivity index (χ3n) is 2.89. The van der Waals surface area contributed by atoms with Gasteiger partial charge in [0.05, 0.1) is 5.69 Å². The number of pyridine rings is 1. The minimum absolute atomic E-state index is 0.303. The number of aromatic carboxylic acids is 1. The summed E-state index contributed by atoms with van der Waals surface area (Å²) in [6.07, 6.45) is 4.47. The summed E-state index contributed by atoms with van der Waals surface area (Å²) < 4.78 is 1.67. The van der Waals surface area contributed by atoms with E-state index in [4.69, 9.17) is 0 Å². The van der Waals surface area contributed by atoms with Crippen molar-refractivity contribution in [3.05, 3.63) is 35.3 Å². The first kappa shape index (κ1) is 11.6. The lowest BCUT2D eigenvalue weighted by atomic mass is 10.2. The summed E-state index contributed by atoms with van der Waals surface area (Å²) >= 11 is 0. The zero-order chi connectivity index (χ0) is 12.4. The highest BCUT2D eigenvalue weighted by molar-refractivity contribution is 5.88. The normalized spacial score (nSPS) is 10.9. The van der Waals surface area contributed by atoms with E-state index >= 15 is 0 Å². The molecule has 0 atom stereocenters. The van der Waals surface area contributed by atoms with Crippen LogP contribution in [0.5, 0.6) is 0 Å². The van der Waals surface area contributed by atoms with Crippen LogP contribution >= 0.6 is 0 Å². The van der Waals surface area contributed by atoms with Crippen molar-refractivity contribution in [3.8, 4) is 0 Å². The number of hydrogen-bond donors (Lipinski definition) is 1. The van der Waals surface area contributed by atoms with Gasteiger partial charge in [0, 0.05) is 6.20 Å². The molecule has 1 N–H and O–H groups in total. The zero-order valence-corrected chi connectivity index (χ0v) is 10.1. The second-order valence-corrected chi connectivity index (χ2v) is 4.20. The van der Waals surface area contributed by atoms with Gasteiger partial charge in [-0.15, -0.1) is 0 Å². The first-order chi connectivity index (χ1) is 8.15. The average Bonchev–Trinajstić information content (AvgIpc) is 2.66. The lowest BCUT2D eigenvalue weighted by molar-refractivity contribution is 0.0688. The molecule has 0 unspecified atom stereocenters. The predicted molar refractivity (Wildman–Crippen MR) is 65.5 cm³/mol. The van der Waals surface area contributed by atoms with Gasteiger partial charge in [-0.25, -0.2) is 9.78 Å². The van der Waals surface area contributed by atoms with Crippen LogP contribution in [0.2, 0.25) is 0 Å². The van der Waals surface area contributed by atoms with Crippen molar-refractivity contribution < 1.29 is 9.90 Å². The molecule has 0 fully saturated rings. The van der Waals surface area contributed by atoms with Gasteiger partial charge in [-0.05, 0) is 31.4 Å². The topological polar surface area (TPSA) is 54.6 Å². The van der Waals surface area contributed by atoms with Crippen molar-refractivity contribution >= 4 is 11.6 Å². The maximum absolute atomic E-state index is 11.3. The Kier molecular flexibility index (Phi) is 3.13. The second kappa shape index (κ2) is 4.57. The van der Waals surface area contributed by atoms with Gasteiger partial charge in [0.15, 0.2) is 5.69 Å². The van der Waals surface area contributed by atoms with E-state index in [1.807, 2.05) is 19.1 Å². The Labute approximate surface area is 99.9 Å². The standard InChI is InChI=1S/C13H16N2O2/c1-3-4-7-10-11(13(16)17)15-8-5-6-9(2)12(15)14-10/h5-6,8H,3-4,7H2,1-2H3,(H,16,17). The average molecular weight is 232 g/mol. The van der Waals surface area contributed by atoms with Crippen molar-refractivity contribution in [2.75, 3.05) is 0 Å². The molecule has 2 aromatic heterocycles. The van der Waals surface area contributed by atoms with E-state index in [1.165, 1.54) is 0 Å². The number of hydrogen-bond acceptors (Lipinski definition) is 2. The number of nitrogens with zero attached hydrogens (tertiary/aromatic N) is 2. The summed E-state index contributed by atoms with van der Waals surface area (Å²) in [5.74, 6) is -0.908. The number of unbranched alkanes of at least 4 members (excludes halogenated alkanes) is 1. The molecule has 0 saturated heterocycles. The summed E-state index contributed by atoms with van der Waals surface area (Å²) in [6.45, 7) is 4.03. The minimum atomic E-state index is -0.908. The van der Waals surface area contributed by atoms with Gasteiger partial charge in [0.1, 0.15) is 5.65 Å². The molecule has 0 aliphatic rings. The zero-order valence-electron chi connectivity index (χ0n) is 10.1. The van der Waals surface area contributed by atoms with Crippen LogP contribution < -0.4 is 0 Å². The van der Waals surface area contributed by atoms with E-state index < -0.39 is 5.97 Å². The highest BCUT2D eigenvalue weighted by Gasteiger charge is 2.18. The van der Waals surface area contributed by atoms with Crippen molar-refractivity contribution in [2.45, 2.75) is 33.1 Å². The van der Waals surface area contributed by atoms with E-state index in [0.717, 1.165) is 30.5 Å². The number of rotatable bonds is 4. The molecule has 0 amide bonds. The molecule has 0 saturated carbocycles. The first-order valence-corrected chi connectivity index (χ1v) is 5.85. The summed E-state index contributed by atoms with van der Waals surface area (Å²) in [7, 11) is 0. The smallest absolute Gasteiger partial charge is 0.354 e. The molecule has 4 heteroatoms. The van der Waals surface area contributed by atoms with Gasteiger partial charge < -0.3 is 5.11 Å². The fourth-order valence-corrected chi connectivity index (χ4v) is 2.00. The predicted octanol–water partition coefficient (Wildman–Crippen LogP) is 2.68. The van der Waals surface area contributed by atoms with Crippen LogP contribution in [0.4, 0.5) is 0 Å². The third kappa shape index (κ3) is 2.02. The van der Waals surface area contributed by atoms with Crippen molar-refractivity contribution in [1.82, 2.24) is 9.38 Å². The molecule has 0 aliphatic heterocycles. The summed E-state index contributed by atoms with van der Waals surface area (Å²) in [5, 5.41) is 9.28. The van der Waals surface area contributed by atoms with Gasteiger partial charge in [-0.1, -0.05) is 19.4 Å². The Morgan fingerprint density at radius 1 is 1.53 bits per heavy atom. The Bertz CT molecular complexity index is 558. The van der Waals surface area contributed by atoms with Crippen LogP contribution in [0.25, 0.3) is 5.65 Å². The Hall–Kier alpha value is -1.84. The lowest BCUT2D eigenvalue weighted by Crippen LogP contribution is -2.05. The number of carboxylic acids is 1. The first-order valence-electron chi connectivity index (χ1n) is 5.85. The Morgan fingerprint density at radius 2 is 2.29 bits per heavy atom. The number of imidazole rings is 1. The molecular weight excluding hydrogens is 216 g/mol. The highest BCUT2D eigenvalue weighted by atomic mass is 16.4. The molecule has 4 nitrogen and oxygen atoms in total. The van der Waals surface area contributed by atoms with Gasteiger partial charge >= 0.3 is 5.97 Å². The molecule has 2 aromatic rings. The molecule has 0 aliphatic carbocycles. The van der Waals surface area contributed by atoms with E-state index in [-0.39, 0.29) is 0 Å². The second-order valence-electron chi connectivity index (χ2n) is 4.20.